The Morgan fingerprint density at radius 2 is 2.03 bits per heavy atom. The molecule has 3 heterocycles. The zero-order chi connectivity index (χ0) is 21.1. The Balaban J connectivity index is 1.83. The van der Waals surface area contributed by atoms with Gasteiger partial charge in [-0.1, -0.05) is 59.9 Å². The minimum Gasteiger partial charge on any atom is -0.463 e. The second-order valence-electron chi connectivity index (χ2n) is 6.61. The van der Waals surface area contributed by atoms with E-state index in [0.717, 1.165) is 10.4 Å². The molecule has 1 unspecified atom stereocenters. The lowest BCUT2D eigenvalue weighted by molar-refractivity contribution is -0.139. The van der Waals surface area contributed by atoms with Gasteiger partial charge in [-0.2, -0.15) is 0 Å². The minimum absolute atomic E-state index is 0.163. The number of thiophene rings is 1. The number of hydrogen-bond donors (Lipinski definition) is 0. The summed E-state index contributed by atoms with van der Waals surface area (Å²) in [6, 6.07) is 13.2. The van der Waals surface area contributed by atoms with Crippen molar-refractivity contribution in [1.82, 2.24) is 4.57 Å². The Bertz CT molecular complexity index is 1300. The first-order valence-electron chi connectivity index (χ1n) is 9.55. The number of thiazole rings is 1. The van der Waals surface area contributed by atoms with Gasteiger partial charge in [0, 0.05) is 4.88 Å². The summed E-state index contributed by atoms with van der Waals surface area (Å²) < 4.78 is 7.45. The van der Waals surface area contributed by atoms with Gasteiger partial charge in [0.15, 0.2) is 4.80 Å². The molecule has 7 heteroatoms. The molecule has 0 spiro atoms. The van der Waals surface area contributed by atoms with Gasteiger partial charge >= 0.3 is 5.97 Å². The van der Waals surface area contributed by atoms with Crippen molar-refractivity contribution in [3.8, 4) is 0 Å². The molecule has 1 atom stereocenters. The zero-order valence-electron chi connectivity index (χ0n) is 16.6. The molecule has 0 N–H and O–H groups in total. The van der Waals surface area contributed by atoms with Crippen molar-refractivity contribution < 1.29 is 9.53 Å². The number of ether oxygens (including phenoxy) is 1. The van der Waals surface area contributed by atoms with Crippen molar-refractivity contribution in [1.29, 1.82) is 0 Å². The average molecular weight is 437 g/mol. The van der Waals surface area contributed by atoms with E-state index < -0.39 is 12.0 Å². The Labute approximate surface area is 181 Å². The van der Waals surface area contributed by atoms with Gasteiger partial charge in [0.05, 0.1) is 22.4 Å². The molecule has 2 aromatic heterocycles. The Kier molecular flexibility index (Phi) is 5.92. The molecule has 4 rings (SSSR count). The number of aromatic nitrogens is 1. The molecule has 1 aliphatic rings. The molecular formula is C23H20N2O3S2. The van der Waals surface area contributed by atoms with Crippen LogP contribution in [0.5, 0.6) is 0 Å². The van der Waals surface area contributed by atoms with Crippen LogP contribution in [0, 0.1) is 0 Å². The van der Waals surface area contributed by atoms with E-state index in [4.69, 9.17) is 4.74 Å². The fraction of sp³-hybridized carbons (Fsp3) is 0.174. The molecule has 0 radical (unpaired) electrons. The Morgan fingerprint density at radius 1 is 1.23 bits per heavy atom. The van der Waals surface area contributed by atoms with Crippen molar-refractivity contribution >= 4 is 40.8 Å². The number of fused-ring (bicyclic) bond motifs is 1. The fourth-order valence-corrected chi connectivity index (χ4v) is 5.15. The summed E-state index contributed by atoms with van der Waals surface area (Å²) in [6.45, 7) is 3.82. The van der Waals surface area contributed by atoms with Crippen LogP contribution in [0.1, 0.15) is 30.3 Å². The van der Waals surface area contributed by atoms with Crippen molar-refractivity contribution in [2.75, 3.05) is 6.61 Å². The summed E-state index contributed by atoms with van der Waals surface area (Å²) in [4.78, 5) is 32.0. The largest absolute Gasteiger partial charge is 0.463 e. The number of carbonyl (C=O) groups is 1. The average Bonchev–Trinajstić information content (AvgIpc) is 3.37. The van der Waals surface area contributed by atoms with Gasteiger partial charge in [0.1, 0.15) is 6.04 Å². The normalized spacial score (nSPS) is 16.6. The lowest BCUT2D eigenvalue weighted by atomic mass is 10.0. The number of nitrogens with zero attached hydrogens (tertiary/aromatic N) is 2. The summed E-state index contributed by atoms with van der Waals surface area (Å²) >= 11 is 2.83. The lowest BCUT2D eigenvalue weighted by Gasteiger charge is -2.23. The summed E-state index contributed by atoms with van der Waals surface area (Å²) in [5.74, 6) is -0.435. The molecule has 0 fully saturated rings. The van der Waals surface area contributed by atoms with Crippen LogP contribution in [0.25, 0.3) is 12.2 Å². The van der Waals surface area contributed by atoms with E-state index in [9.17, 15) is 9.59 Å². The molecule has 0 amide bonds. The number of allylic oxidation sites excluding steroid dienone is 2. The predicted octanol–water partition coefficient (Wildman–Crippen LogP) is 3.52. The van der Waals surface area contributed by atoms with Crippen molar-refractivity contribution in [3.63, 3.8) is 0 Å². The fourth-order valence-electron chi connectivity index (χ4n) is 3.33. The van der Waals surface area contributed by atoms with Crippen LogP contribution in [0.2, 0.25) is 0 Å². The number of carbonyl (C=O) groups excluding carboxylic acids is 1. The second-order valence-corrected chi connectivity index (χ2v) is 8.60. The highest BCUT2D eigenvalue weighted by molar-refractivity contribution is 7.10. The SMILES string of the molecule is CCOC(=O)C1=C(C)N=c2s/c(=C/C=C/c3ccccc3)c(=O)n2C1c1cccs1. The summed E-state index contributed by atoms with van der Waals surface area (Å²) in [6.07, 6.45) is 5.61. The van der Waals surface area contributed by atoms with Crippen LogP contribution in [0.15, 0.2) is 75.0 Å². The van der Waals surface area contributed by atoms with E-state index in [1.165, 1.54) is 22.7 Å². The summed E-state index contributed by atoms with van der Waals surface area (Å²) in [5, 5.41) is 1.94. The van der Waals surface area contributed by atoms with E-state index >= 15 is 0 Å². The maximum Gasteiger partial charge on any atom is 0.338 e. The lowest BCUT2D eigenvalue weighted by Crippen LogP contribution is -2.39. The molecule has 0 aliphatic carbocycles. The first-order chi connectivity index (χ1) is 14.6. The van der Waals surface area contributed by atoms with Gasteiger partial charge < -0.3 is 4.74 Å². The van der Waals surface area contributed by atoms with Crippen LogP contribution >= 0.6 is 22.7 Å². The third-order valence-electron chi connectivity index (χ3n) is 4.67. The minimum atomic E-state index is -0.527. The third kappa shape index (κ3) is 3.86. The highest BCUT2D eigenvalue weighted by atomic mass is 32.1. The Hall–Kier alpha value is -3.03. The van der Waals surface area contributed by atoms with Gasteiger partial charge in [-0.25, -0.2) is 9.79 Å². The summed E-state index contributed by atoms with van der Waals surface area (Å²) in [5.41, 5.74) is 1.89. The first kappa shape index (κ1) is 20.3. The van der Waals surface area contributed by atoms with Crippen molar-refractivity contribution in [2.45, 2.75) is 19.9 Å². The van der Waals surface area contributed by atoms with E-state index in [1.807, 2.05) is 60.0 Å². The van der Waals surface area contributed by atoms with Crippen molar-refractivity contribution in [3.05, 3.63) is 95.3 Å². The van der Waals surface area contributed by atoms with Crippen LogP contribution < -0.4 is 14.9 Å². The van der Waals surface area contributed by atoms with Gasteiger partial charge in [-0.05, 0) is 36.9 Å². The third-order valence-corrected chi connectivity index (χ3v) is 6.59. The predicted molar refractivity (Wildman–Crippen MR) is 121 cm³/mol. The second kappa shape index (κ2) is 8.77. The number of rotatable bonds is 5. The highest BCUT2D eigenvalue weighted by Crippen LogP contribution is 2.33. The smallest absolute Gasteiger partial charge is 0.338 e. The van der Waals surface area contributed by atoms with E-state index in [1.54, 1.807) is 24.5 Å². The highest BCUT2D eigenvalue weighted by Gasteiger charge is 2.33. The monoisotopic (exact) mass is 436 g/mol. The number of hydrogen-bond acceptors (Lipinski definition) is 6. The molecule has 0 saturated carbocycles. The quantitative estimate of drug-likeness (QED) is 0.575. The van der Waals surface area contributed by atoms with Gasteiger partial charge in [-0.3, -0.25) is 9.36 Å². The standard InChI is InChI=1S/C23H20N2O3S2/c1-3-28-22(27)19-15(2)24-23-25(20(19)17-13-8-14-29-17)21(26)18(30-23)12-7-11-16-9-5-4-6-10-16/h4-14,20H,3H2,1-2H3/b11-7+,18-12+. The molecule has 152 valence electrons. The topological polar surface area (TPSA) is 60.7 Å². The van der Waals surface area contributed by atoms with Gasteiger partial charge in [0.2, 0.25) is 0 Å². The molecule has 0 saturated heterocycles. The van der Waals surface area contributed by atoms with E-state index in [0.29, 0.717) is 20.6 Å². The molecule has 1 aromatic carbocycles. The molecular weight excluding hydrogens is 416 g/mol. The maximum absolute atomic E-state index is 13.3. The van der Waals surface area contributed by atoms with Crippen LogP contribution in [0.4, 0.5) is 0 Å². The molecule has 3 aromatic rings. The first-order valence-corrected chi connectivity index (χ1v) is 11.2. The van der Waals surface area contributed by atoms with E-state index in [-0.39, 0.29) is 12.2 Å². The molecule has 30 heavy (non-hydrogen) atoms. The number of esters is 1. The zero-order valence-corrected chi connectivity index (χ0v) is 18.2. The molecule has 1 aliphatic heterocycles. The van der Waals surface area contributed by atoms with E-state index in [2.05, 4.69) is 4.99 Å². The van der Waals surface area contributed by atoms with Gasteiger partial charge in [-0.15, -0.1) is 11.3 Å². The molecule has 0 bridgehead atoms. The van der Waals surface area contributed by atoms with Gasteiger partial charge in [0.25, 0.3) is 5.56 Å². The number of benzene rings is 1. The molecule has 5 nitrogen and oxygen atoms in total. The van der Waals surface area contributed by atoms with Crippen LogP contribution in [0.3, 0.4) is 0 Å². The van der Waals surface area contributed by atoms with Crippen molar-refractivity contribution in [2.24, 2.45) is 4.99 Å². The maximum atomic E-state index is 13.3. The summed E-state index contributed by atoms with van der Waals surface area (Å²) in [7, 11) is 0. The van der Waals surface area contributed by atoms with Crippen LogP contribution in [-0.2, 0) is 9.53 Å². The Morgan fingerprint density at radius 3 is 2.73 bits per heavy atom. The van der Waals surface area contributed by atoms with Crippen LogP contribution in [-0.4, -0.2) is 17.1 Å².